The van der Waals surface area contributed by atoms with Gasteiger partial charge in [-0.05, 0) is 47.5 Å². The molecule has 8 heteroatoms. The van der Waals surface area contributed by atoms with Crippen molar-refractivity contribution in [3.8, 4) is 0 Å². The molecule has 0 aromatic carbocycles. The Morgan fingerprint density at radius 3 is 2.23 bits per heavy atom. The zero-order chi connectivity index (χ0) is 19.7. The topological polar surface area (TPSA) is 75.2 Å². The SMILES string of the molecule is CCNC(=NCC(C)(C)OC)NCC(C)CN(C)C(=O)OC(C)(C)C.I. The molecule has 0 radical (unpaired) electrons. The van der Waals surface area contributed by atoms with E-state index in [1.54, 1.807) is 19.1 Å². The van der Waals surface area contributed by atoms with Crippen molar-refractivity contribution >= 4 is 36.0 Å². The molecule has 0 fully saturated rings. The first-order chi connectivity index (χ1) is 11.4. The second kappa shape index (κ2) is 12.6. The maximum Gasteiger partial charge on any atom is 0.410 e. The van der Waals surface area contributed by atoms with Gasteiger partial charge in [0.25, 0.3) is 0 Å². The van der Waals surface area contributed by atoms with Crippen molar-refractivity contribution in [1.29, 1.82) is 0 Å². The van der Waals surface area contributed by atoms with Crippen molar-refractivity contribution in [1.82, 2.24) is 15.5 Å². The molecule has 0 rings (SSSR count). The quantitative estimate of drug-likeness (QED) is 0.314. The molecule has 1 atom stereocenters. The van der Waals surface area contributed by atoms with E-state index in [-0.39, 0.29) is 41.6 Å². The molecule has 0 aromatic rings. The Balaban J connectivity index is 0. The standard InChI is InChI=1S/C18H38N4O3.HI/c1-10-19-15(21-13-18(6,7)24-9)20-11-14(2)12-22(8)16(23)25-17(3,4)5;/h14H,10-13H2,1-9H3,(H2,19,20,21);1H. The normalized spacial score (nSPS) is 13.5. The Morgan fingerprint density at radius 1 is 1.19 bits per heavy atom. The fourth-order valence-corrected chi connectivity index (χ4v) is 1.89. The molecule has 0 bridgehead atoms. The number of rotatable bonds is 8. The van der Waals surface area contributed by atoms with Gasteiger partial charge >= 0.3 is 6.09 Å². The Bertz CT molecular complexity index is 437. The van der Waals surface area contributed by atoms with Gasteiger partial charge in [0.05, 0.1) is 12.1 Å². The van der Waals surface area contributed by atoms with E-state index in [1.807, 2.05) is 41.5 Å². The van der Waals surface area contributed by atoms with Crippen molar-refractivity contribution < 1.29 is 14.3 Å². The summed E-state index contributed by atoms with van der Waals surface area (Å²) in [6.07, 6.45) is -0.304. The zero-order valence-electron chi connectivity index (χ0n) is 17.9. The van der Waals surface area contributed by atoms with Crippen LogP contribution in [-0.2, 0) is 9.47 Å². The highest BCUT2D eigenvalue weighted by Gasteiger charge is 2.21. The van der Waals surface area contributed by atoms with E-state index in [0.29, 0.717) is 19.6 Å². The van der Waals surface area contributed by atoms with Crippen LogP contribution in [0.15, 0.2) is 4.99 Å². The number of hydrogen-bond acceptors (Lipinski definition) is 4. The van der Waals surface area contributed by atoms with Crippen molar-refractivity contribution in [2.24, 2.45) is 10.9 Å². The number of guanidine groups is 1. The maximum absolute atomic E-state index is 12.0. The van der Waals surface area contributed by atoms with Crippen molar-refractivity contribution in [3.63, 3.8) is 0 Å². The third-order valence-electron chi connectivity index (χ3n) is 3.42. The van der Waals surface area contributed by atoms with Gasteiger partial charge in [-0.2, -0.15) is 0 Å². The average Bonchev–Trinajstić information content (AvgIpc) is 2.48. The highest BCUT2D eigenvalue weighted by atomic mass is 127. The van der Waals surface area contributed by atoms with Crippen molar-refractivity contribution in [3.05, 3.63) is 0 Å². The van der Waals surface area contributed by atoms with Crippen molar-refractivity contribution in [2.45, 2.75) is 59.7 Å². The summed E-state index contributed by atoms with van der Waals surface area (Å²) in [6, 6.07) is 0. The number of nitrogens with zero attached hydrogens (tertiary/aromatic N) is 2. The molecule has 7 nitrogen and oxygen atoms in total. The van der Waals surface area contributed by atoms with Gasteiger partial charge in [-0.3, -0.25) is 4.99 Å². The highest BCUT2D eigenvalue weighted by molar-refractivity contribution is 14.0. The zero-order valence-corrected chi connectivity index (χ0v) is 20.3. The number of aliphatic imine (C=N–C) groups is 1. The number of methoxy groups -OCH3 is 1. The lowest BCUT2D eigenvalue weighted by molar-refractivity contribution is 0.0276. The summed E-state index contributed by atoms with van der Waals surface area (Å²) >= 11 is 0. The number of nitrogens with one attached hydrogen (secondary N) is 2. The molecule has 0 aliphatic rings. The van der Waals surface area contributed by atoms with Crippen LogP contribution in [0.3, 0.4) is 0 Å². The second-order valence-corrected chi connectivity index (χ2v) is 8.01. The Kier molecular flexibility index (Phi) is 13.3. The number of hydrogen-bond donors (Lipinski definition) is 2. The highest BCUT2D eigenvalue weighted by Crippen LogP contribution is 2.10. The Labute approximate surface area is 176 Å². The fourth-order valence-electron chi connectivity index (χ4n) is 1.89. The molecule has 1 amide bonds. The molecule has 0 spiro atoms. The van der Waals surface area contributed by atoms with Crippen LogP contribution < -0.4 is 10.6 Å². The molecule has 0 saturated carbocycles. The molecule has 156 valence electrons. The summed E-state index contributed by atoms with van der Waals surface area (Å²) in [7, 11) is 3.44. The van der Waals surface area contributed by atoms with Crippen LogP contribution in [-0.4, -0.2) is 68.5 Å². The first-order valence-electron chi connectivity index (χ1n) is 8.91. The van der Waals surface area contributed by atoms with Gasteiger partial charge in [-0.1, -0.05) is 6.92 Å². The van der Waals surface area contributed by atoms with Gasteiger partial charge < -0.3 is 25.0 Å². The maximum atomic E-state index is 12.0. The summed E-state index contributed by atoms with van der Waals surface area (Å²) in [5.74, 6) is 0.996. The smallest absolute Gasteiger partial charge is 0.410 e. The minimum absolute atomic E-state index is 0. The molecule has 2 N–H and O–H groups in total. The lowest BCUT2D eigenvalue weighted by Gasteiger charge is -2.27. The Hall–Kier alpha value is -0.770. The van der Waals surface area contributed by atoms with E-state index in [0.717, 1.165) is 12.5 Å². The molecule has 0 aliphatic heterocycles. The monoisotopic (exact) mass is 486 g/mol. The number of ether oxygens (including phenoxy) is 2. The predicted octanol–water partition coefficient (Wildman–Crippen LogP) is 3.09. The largest absolute Gasteiger partial charge is 0.444 e. The van der Waals surface area contributed by atoms with Gasteiger partial charge in [0.2, 0.25) is 0 Å². The number of carbonyl (C=O) groups is 1. The lowest BCUT2D eigenvalue weighted by Crippen LogP contribution is -2.43. The molecule has 1 unspecified atom stereocenters. The summed E-state index contributed by atoms with van der Waals surface area (Å²) < 4.78 is 10.8. The molecule has 0 aromatic heterocycles. The van der Waals surface area contributed by atoms with E-state index in [2.05, 4.69) is 22.5 Å². The van der Waals surface area contributed by atoms with E-state index in [1.165, 1.54) is 0 Å². The third-order valence-corrected chi connectivity index (χ3v) is 3.42. The molecule has 0 saturated heterocycles. The van der Waals surface area contributed by atoms with Gasteiger partial charge in [-0.25, -0.2) is 4.79 Å². The van der Waals surface area contributed by atoms with Gasteiger partial charge in [0.1, 0.15) is 5.60 Å². The number of carbonyl (C=O) groups excluding carboxylic acids is 1. The summed E-state index contributed by atoms with van der Waals surface area (Å²) in [6.45, 7) is 16.3. The molecular formula is C18H39IN4O3. The molecule has 0 heterocycles. The minimum atomic E-state index is -0.480. The van der Waals surface area contributed by atoms with Crippen LogP contribution in [0.25, 0.3) is 0 Å². The van der Waals surface area contributed by atoms with E-state index >= 15 is 0 Å². The summed E-state index contributed by atoms with van der Waals surface area (Å²) in [5.41, 5.74) is -0.781. The summed E-state index contributed by atoms with van der Waals surface area (Å²) in [4.78, 5) is 18.2. The van der Waals surface area contributed by atoms with Crippen LogP contribution in [0, 0.1) is 5.92 Å². The molecule has 0 aliphatic carbocycles. The second-order valence-electron chi connectivity index (χ2n) is 8.01. The Morgan fingerprint density at radius 2 is 1.77 bits per heavy atom. The first kappa shape index (κ1) is 27.4. The first-order valence-corrected chi connectivity index (χ1v) is 8.91. The minimum Gasteiger partial charge on any atom is -0.444 e. The lowest BCUT2D eigenvalue weighted by atomic mass is 10.1. The van der Waals surface area contributed by atoms with Crippen LogP contribution >= 0.6 is 24.0 Å². The van der Waals surface area contributed by atoms with Crippen LogP contribution in [0.2, 0.25) is 0 Å². The van der Waals surface area contributed by atoms with Gasteiger partial charge in [0.15, 0.2) is 5.96 Å². The fraction of sp³-hybridized carbons (Fsp3) is 0.889. The van der Waals surface area contributed by atoms with E-state index in [4.69, 9.17) is 9.47 Å². The third kappa shape index (κ3) is 13.4. The molecule has 26 heavy (non-hydrogen) atoms. The average molecular weight is 486 g/mol. The molecular weight excluding hydrogens is 447 g/mol. The summed E-state index contributed by atoms with van der Waals surface area (Å²) in [5, 5.41) is 6.53. The number of amides is 1. The van der Waals surface area contributed by atoms with Crippen LogP contribution in [0.5, 0.6) is 0 Å². The van der Waals surface area contributed by atoms with Gasteiger partial charge in [0, 0.05) is 33.8 Å². The van der Waals surface area contributed by atoms with E-state index < -0.39 is 5.60 Å². The van der Waals surface area contributed by atoms with Gasteiger partial charge in [-0.15, -0.1) is 24.0 Å². The van der Waals surface area contributed by atoms with Crippen LogP contribution in [0.4, 0.5) is 4.79 Å². The number of halogens is 1. The van der Waals surface area contributed by atoms with E-state index in [9.17, 15) is 4.79 Å². The predicted molar refractivity (Wildman–Crippen MR) is 119 cm³/mol. The van der Waals surface area contributed by atoms with Crippen LogP contribution in [0.1, 0.15) is 48.5 Å². The van der Waals surface area contributed by atoms with Crippen molar-refractivity contribution in [2.75, 3.05) is 40.3 Å².